The van der Waals surface area contributed by atoms with Crippen LogP contribution in [0.4, 0.5) is 5.69 Å². The molecule has 0 radical (unpaired) electrons. The first-order valence-electron chi connectivity index (χ1n) is 6.25. The number of carboxylic acid groups (broad SMARTS) is 1. The number of hydrogen-bond acceptors (Lipinski definition) is 4. The third-order valence-electron chi connectivity index (χ3n) is 2.87. The zero-order valence-electron chi connectivity index (χ0n) is 11.3. The summed E-state index contributed by atoms with van der Waals surface area (Å²) in [5.74, 6) is -1.33. The maximum Gasteiger partial charge on any atom is 0.303 e. The number of rotatable bonds is 7. The summed E-state index contributed by atoms with van der Waals surface area (Å²) in [6, 6.07) is 3.61. The van der Waals surface area contributed by atoms with Crippen molar-refractivity contribution in [1.82, 2.24) is 5.32 Å². The molecule has 0 saturated carbocycles. The van der Waals surface area contributed by atoms with E-state index in [1.807, 2.05) is 6.92 Å². The lowest BCUT2D eigenvalue weighted by Gasteiger charge is -2.12. The molecule has 1 rings (SSSR count). The lowest BCUT2D eigenvalue weighted by atomic mass is 10.1. The molecule has 7 nitrogen and oxygen atoms in total. The van der Waals surface area contributed by atoms with Crippen molar-refractivity contribution < 1.29 is 19.6 Å². The van der Waals surface area contributed by atoms with E-state index in [1.54, 1.807) is 0 Å². The van der Waals surface area contributed by atoms with Crippen molar-refractivity contribution in [2.24, 2.45) is 5.92 Å². The fourth-order valence-corrected chi connectivity index (χ4v) is 1.90. The Balaban J connectivity index is 2.60. The number of carbonyl (C=O) groups is 2. The van der Waals surface area contributed by atoms with Gasteiger partial charge in [-0.3, -0.25) is 19.7 Å². The smallest absolute Gasteiger partial charge is 0.303 e. The molecule has 114 valence electrons. The molecule has 0 aliphatic carbocycles. The maximum absolute atomic E-state index is 11.9. The Bertz CT molecular complexity index is 561. The van der Waals surface area contributed by atoms with Gasteiger partial charge in [0, 0.05) is 25.1 Å². The van der Waals surface area contributed by atoms with Gasteiger partial charge in [-0.2, -0.15) is 0 Å². The van der Waals surface area contributed by atoms with E-state index in [1.165, 1.54) is 12.1 Å². The first-order chi connectivity index (χ1) is 9.81. The van der Waals surface area contributed by atoms with Gasteiger partial charge in [-0.25, -0.2) is 0 Å². The van der Waals surface area contributed by atoms with Crippen LogP contribution in [-0.2, 0) is 4.79 Å². The Labute approximate surface area is 126 Å². The van der Waals surface area contributed by atoms with Gasteiger partial charge >= 0.3 is 5.97 Å². The first-order valence-corrected chi connectivity index (χ1v) is 6.63. The first kappa shape index (κ1) is 16.9. The second kappa shape index (κ2) is 7.58. The van der Waals surface area contributed by atoms with Gasteiger partial charge < -0.3 is 10.4 Å². The summed E-state index contributed by atoms with van der Waals surface area (Å²) in [5.41, 5.74) is -0.0425. The highest BCUT2D eigenvalue weighted by atomic mass is 35.5. The van der Waals surface area contributed by atoms with Crippen LogP contribution >= 0.6 is 11.6 Å². The molecule has 1 atom stereocenters. The molecule has 1 unspecified atom stereocenters. The summed E-state index contributed by atoms with van der Waals surface area (Å²) in [4.78, 5) is 32.3. The van der Waals surface area contributed by atoms with Crippen molar-refractivity contribution in [1.29, 1.82) is 0 Å². The average Bonchev–Trinajstić information content (AvgIpc) is 2.42. The summed E-state index contributed by atoms with van der Waals surface area (Å²) in [5, 5.41) is 21.8. The molecule has 0 spiro atoms. The highest BCUT2D eigenvalue weighted by Gasteiger charge is 2.15. The zero-order valence-corrected chi connectivity index (χ0v) is 12.1. The highest BCUT2D eigenvalue weighted by molar-refractivity contribution is 6.34. The van der Waals surface area contributed by atoms with E-state index in [0.717, 1.165) is 6.07 Å². The lowest BCUT2D eigenvalue weighted by Crippen LogP contribution is -2.28. The summed E-state index contributed by atoms with van der Waals surface area (Å²) in [6.07, 6.45) is 0.485. The normalized spacial score (nSPS) is 11.7. The van der Waals surface area contributed by atoms with Gasteiger partial charge in [0.05, 0.1) is 15.5 Å². The second-order valence-electron chi connectivity index (χ2n) is 4.67. The van der Waals surface area contributed by atoms with Gasteiger partial charge in [-0.05, 0) is 18.4 Å². The van der Waals surface area contributed by atoms with Gasteiger partial charge in [0.2, 0.25) is 0 Å². The van der Waals surface area contributed by atoms with E-state index in [0.29, 0.717) is 13.0 Å². The molecule has 1 aromatic carbocycles. The number of aliphatic carboxylic acids is 1. The van der Waals surface area contributed by atoms with Gasteiger partial charge in [-0.1, -0.05) is 18.5 Å². The number of nitro benzene ring substituents is 1. The van der Waals surface area contributed by atoms with E-state index in [4.69, 9.17) is 16.7 Å². The predicted molar refractivity (Wildman–Crippen MR) is 76.5 cm³/mol. The van der Waals surface area contributed by atoms with Gasteiger partial charge in [-0.15, -0.1) is 0 Å². The number of nitrogens with zero attached hydrogens (tertiary/aromatic N) is 1. The number of carbonyl (C=O) groups excluding carboxylic acids is 1. The minimum Gasteiger partial charge on any atom is -0.481 e. The molecule has 0 aliphatic heterocycles. The monoisotopic (exact) mass is 314 g/mol. The van der Waals surface area contributed by atoms with E-state index in [-0.39, 0.29) is 28.6 Å². The summed E-state index contributed by atoms with van der Waals surface area (Å²) in [6.45, 7) is 2.13. The number of nitrogens with one attached hydrogen (secondary N) is 1. The molecule has 2 N–H and O–H groups in total. The van der Waals surface area contributed by atoms with Crippen LogP contribution in [0.5, 0.6) is 0 Å². The summed E-state index contributed by atoms with van der Waals surface area (Å²) < 4.78 is 0. The molecule has 1 amide bonds. The molecule has 0 bridgehead atoms. The van der Waals surface area contributed by atoms with Crippen LogP contribution in [-0.4, -0.2) is 28.5 Å². The van der Waals surface area contributed by atoms with Crippen LogP contribution in [0.3, 0.4) is 0 Å². The van der Waals surface area contributed by atoms with Crippen LogP contribution in [0.1, 0.15) is 30.1 Å². The number of benzene rings is 1. The largest absolute Gasteiger partial charge is 0.481 e. The number of nitro groups is 1. The number of amides is 1. The third kappa shape index (κ3) is 5.39. The fraction of sp³-hybridized carbons (Fsp3) is 0.385. The minimum absolute atomic E-state index is 0.000103. The van der Waals surface area contributed by atoms with Crippen molar-refractivity contribution in [3.05, 3.63) is 38.9 Å². The molecule has 1 aromatic rings. The standard InChI is InChI=1S/C13H15ClN2O5/c1-8(2-5-12(17)18)7-15-13(19)10-4-3-9(16(20)21)6-11(10)14/h3-4,6,8H,2,5,7H2,1H3,(H,15,19)(H,17,18). The van der Waals surface area contributed by atoms with Crippen molar-refractivity contribution in [3.8, 4) is 0 Å². The van der Waals surface area contributed by atoms with Crippen LogP contribution in [0.2, 0.25) is 5.02 Å². The van der Waals surface area contributed by atoms with E-state index < -0.39 is 16.8 Å². The number of non-ortho nitro benzene ring substituents is 1. The molecule has 0 saturated heterocycles. The summed E-state index contributed by atoms with van der Waals surface area (Å²) in [7, 11) is 0. The third-order valence-corrected chi connectivity index (χ3v) is 3.18. The Morgan fingerprint density at radius 3 is 2.67 bits per heavy atom. The van der Waals surface area contributed by atoms with Gasteiger partial charge in [0.15, 0.2) is 0 Å². The van der Waals surface area contributed by atoms with Crippen molar-refractivity contribution in [2.45, 2.75) is 19.8 Å². The molecule has 21 heavy (non-hydrogen) atoms. The predicted octanol–water partition coefficient (Wildman–Crippen LogP) is 2.48. The van der Waals surface area contributed by atoms with Crippen LogP contribution in [0.15, 0.2) is 18.2 Å². The average molecular weight is 315 g/mol. The molecule has 0 aliphatic rings. The number of carboxylic acids is 1. The van der Waals surface area contributed by atoms with Gasteiger partial charge in [0.25, 0.3) is 11.6 Å². The Kier molecular flexibility index (Phi) is 6.10. The Morgan fingerprint density at radius 1 is 1.48 bits per heavy atom. The molecular weight excluding hydrogens is 300 g/mol. The van der Waals surface area contributed by atoms with Gasteiger partial charge in [0.1, 0.15) is 0 Å². The van der Waals surface area contributed by atoms with Crippen LogP contribution < -0.4 is 5.32 Å². The summed E-state index contributed by atoms with van der Waals surface area (Å²) >= 11 is 5.84. The van der Waals surface area contributed by atoms with Crippen LogP contribution in [0, 0.1) is 16.0 Å². The second-order valence-corrected chi connectivity index (χ2v) is 5.08. The molecule has 0 heterocycles. The van der Waals surface area contributed by atoms with E-state index in [9.17, 15) is 19.7 Å². The lowest BCUT2D eigenvalue weighted by molar-refractivity contribution is -0.384. The van der Waals surface area contributed by atoms with E-state index >= 15 is 0 Å². The SMILES string of the molecule is CC(CCC(=O)O)CNC(=O)c1ccc([N+](=O)[O-])cc1Cl. The number of hydrogen-bond donors (Lipinski definition) is 2. The van der Waals surface area contributed by atoms with Crippen molar-refractivity contribution >= 4 is 29.2 Å². The minimum atomic E-state index is -0.883. The van der Waals surface area contributed by atoms with Crippen molar-refractivity contribution in [2.75, 3.05) is 6.54 Å². The quantitative estimate of drug-likeness (QED) is 0.593. The number of halogens is 1. The Morgan fingerprint density at radius 2 is 2.14 bits per heavy atom. The molecule has 0 aromatic heterocycles. The van der Waals surface area contributed by atoms with E-state index in [2.05, 4.69) is 5.32 Å². The fourth-order valence-electron chi connectivity index (χ4n) is 1.64. The topological polar surface area (TPSA) is 110 Å². The zero-order chi connectivity index (χ0) is 16.0. The van der Waals surface area contributed by atoms with Crippen LogP contribution in [0.25, 0.3) is 0 Å². The Hall–Kier alpha value is -2.15. The molecule has 8 heteroatoms. The molecular formula is C13H15ClN2O5. The highest BCUT2D eigenvalue weighted by Crippen LogP contribution is 2.22. The maximum atomic E-state index is 11.9. The van der Waals surface area contributed by atoms with Crippen molar-refractivity contribution in [3.63, 3.8) is 0 Å². The molecule has 0 fully saturated rings.